The number of benzene rings is 1. The van der Waals surface area contributed by atoms with Gasteiger partial charge in [-0.15, -0.1) is 0 Å². The third kappa shape index (κ3) is 7.05. The number of nitrogens with zero attached hydrogens (tertiary/aromatic N) is 3. The van der Waals surface area contributed by atoms with Crippen molar-refractivity contribution in [2.24, 2.45) is 5.92 Å². The summed E-state index contributed by atoms with van der Waals surface area (Å²) in [6, 6.07) is 7.26. The average Bonchev–Trinajstić information content (AvgIpc) is 3.60. The number of imidazole rings is 1. The van der Waals surface area contributed by atoms with Gasteiger partial charge in [-0.05, 0) is 56.3 Å². The number of aryl methyl sites for hydroxylation is 1. The summed E-state index contributed by atoms with van der Waals surface area (Å²) >= 11 is 0. The number of carboxylic acids is 2. The number of likely N-dealkylation sites (tertiary alicyclic amines) is 1. The van der Waals surface area contributed by atoms with Gasteiger partial charge in [0.05, 0.1) is 12.2 Å². The molecule has 1 saturated heterocycles. The first-order valence-electron chi connectivity index (χ1n) is 14.4. The van der Waals surface area contributed by atoms with Gasteiger partial charge in [0.1, 0.15) is 0 Å². The average molecular weight is 564 g/mol. The Hall–Kier alpha value is -3.92. The molecule has 1 aliphatic heterocycles. The highest BCUT2D eigenvalue weighted by Crippen LogP contribution is 2.45. The topological polar surface area (TPSA) is 141 Å². The van der Waals surface area contributed by atoms with Crippen LogP contribution in [0.15, 0.2) is 49.1 Å². The minimum atomic E-state index is -1.26. The van der Waals surface area contributed by atoms with Crippen LogP contribution in [0.2, 0.25) is 0 Å². The number of fused-ring (bicyclic) bond motifs is 2. The molecule has 1 amide bonds. The second-order valence-corrected chi connectivity index (χ2v) is 11.0. The highest BCUT2D eigenvalue weighted by Gasteiger charge is 2.41. The van der Waals surface area contributed by atoms with Crippen LogP contribution >= 0.6 is 0 Å². The van der Waals surface area contributed by atoms with E-state index >= 15 is 0 Å². The number of carbonyl (C=O) groups excluding carboxylic acids is 1. The van der Waals surface area contributed by atoms with Crippen molar-refractivity contribution in [2.75, 3.05) is 20.1 Å². The summed E-state index contributed by atoms with van der Waals surface area (Å²) in [5.74, 6) is -1.44. The second kappa shape index (κ2) is 13.6. The number of aromatic nitrogens is 3. The molecule has 3 aromatic rings. The molecular formula is C31H41N5O5. The summed E-state index contributed by atoms with van der Waals surface area (Å²) in [5, 5.41) is 20.3. The lowest BCUT2D eigenvalue weighted by molar-refractivity contribution is -0.134. The monoisotopic (exact) mass is 563 g/mol. The Morgan fingerprint density at radius 3 is 2.59 bits per heavy atom. The predicted molar refractivity (Wildman–Crippen MR) is 157 cm³/mol. The van der Waals surface area contributed by atoms with Crippen LogP contribution in [-0.4, -0.2) is 73.7 Å². The number of hydrogen-bond donors (Lipinski definition) is 4. The predicted octanol–water partition coefficient (Wildman–Crippen LogP) is 4.15. The number of hydrogen-bond acceptors (Lipinski definition) is 5. The number of nitrogens with one attached hydrogen (secondary N) is 2. The van der Waals surface area contributed by atoms with Crippen molar-refractivity contribution in [3.05, 3.63) is 65.9 Å². The molecule has 1 unspecified atom stereocenters. The summed E-state index contributed by atoms with van der Waals surface area (Å²) < 4.78 is 2.43. The molecule has 2 aliphatic rings. The van der Waals surface area contributed by atoms with Gasteiger partial charge in [-0.25, -0.2) is 14.6 Å². The first-order chi connectivity index (χ1) is 19.7. The van der Waals surface area contributed by atoms with Gasteiger partial charge in [0.25, 0.3) is 0 Å². The quantitative estimate of drug-likeness (QED) is 0.272. The highest BCUT2D eigenvalue weighted by atomic mass is 16.4. The lowest BCUT2D eigenvalue weighted by Crippen LogP contribution is -2.51. The summed E-state index contributed by atoms with van der Waals surface area (Å²) in [5.41, 5.74) is 5.45. The molecular weight excluding hydrogens is 522 g/mol. The molecule has 2 aromatic heterocycles. The van der Waals surface area contributed by atoms with Crippen LogP contribution in [0.5, 0.6) is 0 Å². The first-order valence-corrected chi connectivity index (χ1v) is 14.4. The van der Waals surface area contributed by atoms with E-state index in [9.17, 15) is 14.4 Å². The van der Waals surface area contributed by atoms with Gasteiger partial charge >= 0.3 is 11.9 Å². The Bertz CT molecular complexity index is 1360. The largest absolute Gasteiger partial charge is 0.478 e. The maximum atomic E-state index is 13.2. The van der Waals surface area contributed by atoms with Crippen molar-refractivity contribution in [3.8, 4) is 0 Å². The molecule has 41 heavy (non-hydrogen) atoms. The zero-order valence-corrected chi connectivity index (χ0v) is 24.0. The number of amides is 1. The van der Waals surface area contributed by atoms with E-state index in [4.69, 9.17) is 10.2 Å². The third-order valence-corrected chi connectivity index (χ3v) is 8.37. The summed E-state index contributed by atoms with van der Waals surface area (Å²) in [6.07, 6.45) is 12.3. The summed E-state index contributed by atoms with van der Waals surface area (Å²) in [6.45, 7) is 7.04. The smallest absolute Gasteiger partial charge is 0.328 e. The molecule has 5 rings (SSSR count). The van der Waals surface area contributed by atoms with E-state index in [0.29, 0.717) is 36.6 Å². The Morgan fingerprint density at radius 1 is 1.20 bits per heavy atom. The number of likely N-dealkylation sites (N-methyl/N-ethyl adjacent to an activating group) is 1. The molecule has 0 spiro atoms. The number of aromatic amines is 1. The van der Waals surface area contributed by atoms with E-state index in [1.54, 1.807) is 6.33 Å². The molecule has 1 fully saturated rings. The van der Waals surface area contributed by atoms with Gasteiger partial charge in [-0.3, -0.25) is 4.79 Å². The van der Waals surface area contributed by atoms with Crippen molar-refractivity contribution >= 4 is 28.7 Å². The number of H-pyrrole nitrogens is 1. The lowest BCUT2D eigenvalue weighted by atomic mass is 9.72. The molecule has 3 heterocycles. The normalized spacial score (nSPS) is 20.7. The molecule has 220 valence electrons. The SMILES string of the molecule is CCCn1cc2c3c(cccc31)[C@H]1C[C@@H](C(=O)NCCC(CC)c3cnc[nH]3)CN(C)[C@@H]1C2.O=C(O)/C=C\C(=O)O. The van der Waals surface area contributed by atoms with Gasteiger partial charge in [-0.1, -0.05) is 26.0 Å². The molecule has 1 aliphatic carbocycles. The first kappa shape index (κ1) is 30.0. The number of aliphatic carboxylic acids is 2. The van der Waals surface area contributed by atoms with E-state index in [0.717, 1.165) is 50.9 Å². The van der Waals surface area contributed by atoms with Crippen molar-refractivity contribution < 1.29 is 24.6 Å². The molecule has 10 nitrogen and oxygen atoms in total. The fourth-order valence-electron chi connectivity index (χ4n) is 6.46. The van der Waals surface area contributed by atoms with Crippen molar-refractivity contribution in [3.63, 3.8) is 0 Å². The fourth-order valence-corrected chi connectivity index (χ4v) is 6.46. The molecule has 4 N–H and O–H groups in total. The number of rotatable bonds is 10. The van der Waals surface area contributed by atoms with Gasteiger partial charge in [0, 0.05) is 78.7 Å². The van der Waals surface area contributed by atoms with Crippen molar-refractivity contribution in [1.82, 2.24) is 24.8 Å². The Kier molecular flexibility index (Phi) is 9.99. The summed E-state index contributed by atoms with van der Waals surface area (Å²) in [4.78, 5) is 42.1. The van der Waals surface area contributed by atoms with E-state index in [1.807, 2.05) is 6.20 Å². The van der Waals surface area contributed by atoms with E-state index in [-0.39, 0.29) is 11.8 Å². The number of carbonyl (C=O) groups is 3. The molecule has 1 aromatic carbocycles. The highest BCUT2D eigenvalue weighted by molar-refractivity contribution is 5.90. The lowest BCUT2D eigenvalue weighted by Gasteiger charge is -2.45. The Labute approximate surface area is 240 Å². The maximum Gasteiger partial charge on any atom is 0.328 e. The van der Waals surface area contributed by atoms with E-state index in [1.165, 1.54) is 22.0 Å². The molecule has 0 saturated carbocycles. The van der Waals surface area contributed by atoms with Crippen LogP contribution in [0.1, 0.15) is 68.2 Å². The van der Waals surface area contributed by atoms with Crippen LogP contribution in [0.4, 0.5) is 0 Å². The van der Waals surface area contributed by atoms with Crippen LogP contribution in [0.25, 0.3) is 10.9 Å². The minimum Gasteiger partial charge on any atom is -0.478 e. The van der Waals surface area contributed by atoms with Crippen molar-refractivity contribution in [2.45, 2.75) is 70.4 Å². The van der Waals surface area contributed by atoms with Gasteiger partial charge in [0.2, 0.25) is 5.91 Å². The standard InChI is InChI=1S/C27H37N5O.C4H4O4/c1-4-11-32-16-19-13-25-22(21-7-6-8-24(32)26(19)21)12-20(15-31(25)3)27(33)29-10-9-18(5-2)23-14-28-17-30-23;5-3(6)1-2-4(7)8/h6-8,14,16-18,20,22,25H,4-5,9-13,15H2,1-3H3,(H,28,30)(H,29,33);1-2H,(H,5,6)(H,7,8)/b;2-1-/t18?,20-,22-,25-;/m1./s1. The summed E-state index contributed by atoms with van der Waals surface area (Å²) in [7, 11) is 2.20. The van der Waals surface area contributed by atoms with Gasteiger partial charge in [-0.2, -0.15) is 0 Å². The molecule has 4 atom stereocenters. The molecule has 0 radical (unpaired) electrons. The van der Waals surface area contributed by atoms with Crippen LogP contribution in [-0.2, 0) is 27.3 Å². The fraction of sp³-hybridized carbons (Fsp3) is 0.484. The van der Waals surface area contributed by atoms with Crippen molar-refractivity contribution in [1.29, 1.82) is 0 Å². The maximum absolute atomic E-state index is 13.2. The minimum absolute atomic E-state index is 0.0398. The molecule has 10 heteroatoms. The van der Waals surface area contributed by atoms with Crippen LogP contribution in [0, 0.1) is 5.92 Å². The van der Waals surface area contributed by atoms with E-state index in [2.05, 4.69) is 70.0 Å². The third-order valence-electron chi connectivity index (χ3n) is 8.37. The second-order valence-electron chi connectivity index (χ2n) is 11.0. The van der Waals surface area contributed by atoms with Gasteiger partial charge in [0.15, 0.2) is 0 Å². The van der Waals surface area contributed by atoms with Crippen LogP contribution < -0.4 is 5.32 Å². The van der Waals surface area contributed by atoms with Crippen LogP contribution in [0.3, 0.4) is 0 Å². The zero-order valence-electron chi connectivity index (χ0n) is 24.0. The number of carboxylic acid groups (broad SMARTS) is 2. The Morgan fingerprint density at radius 2 is 1.95 bits per heavy atom. The number of piperidine rings is 1. The van der Waals surface area contributed by atoms with E-state index < -0.39 is 11.9 Å². The molecule has 0 bridgehead atoms. The Balaban J connectivity index is 0.000000426. The zero-order chi connectivity index (χ0) is 29.5. The van der Waals surface area contributed by atoms with Gasteiger partial charge < -0.3 is 30.0 Å².